The van der Waals surface area contributed by atoms with Gasteiger partial charge in [0, 0.05) is 49.3 Å². The second-order valence-corrected chi connectivity index (χ2v) is 9.90. The third-order valence-electron chi connectivity index (χ3n) is 5.89. The summed E-state index contributed by atoms with van der Waals surface area (Å²) >= 11 is 0. The molecule has 4 heterocycles. The predicted octanol–water partition coefficient (Wildman–Crippen LogP) is 2.73. The van der Waals surface area contributed by atoms with E-state index in [1.807, 2.05) is 18.2 Å². The van der Waals surface area contributed by atoms with Crippen molar-refractivity contribution in [3.8, 4) is 11.3 Å². The molecule has 2 aromatic heterocycles. The van der Waals surface area contributed by atoms with E-state index in [0.717, 1.165) is 31.9 Å². The molecule has 0 amide bonds. The van der Waals surface area contributed by atoms with Gasteiger partial charge >= 0.3 is 0 Å². The van der Waals surface area contributed by atoms with E-state index in [2.05, 4.69) is 55.8 Å². The molecule has 1 N–H and O–H groups in total. The van der Waals surface area contributed by atoms with E-state index in [9.17, 15) is 8.42 Å². The van der Waals surface area contributed by atoms with Crippen LogP contribution in [-0.4, -0.2) is 68.0 Å². The molecule has 1 aromatic carbocycles. The zero-order chi connectivity index (χ0) is 23.0. The number of aromatic nitrogens is 3. The molecule has 5 rings (SSSR count). The number of fused-ring (bicyclic) bond motifs is 3. The lowest BCUT2D eigenvalue weighted by atomic mass is 10.1. The molecular weight excluding hydrogens is 438 g/mol. The lowest BCUT2D eigenvalue weighted by molar-refractivity contribution is 0.313. The molecule has 33 heavy (non-hydrogen) atoms. The number of rotatable bonds is 5. The predicted molar refractivity (Wildman–Crippen MR) is 129 cm³/mol. The third kappa shape index (κ3) is 3.91. The van der Waals surface area contributed by atoms with E-state index in [1.165, 1.54) is 22.3 Å². The Balaban J connectivity index is 1.43. The Labute approximate surface area is 193 Å². The van der Waals surface area contributed by atoms with Gasteiger partial charge < -0.3 is 15.1 Å². The number of sulfonamides is 1. The van der Waals surface area contributed by atoms with Crippen molar-refractivity contribution in [2.24, 2.45) is 0 Å². The van der Waals surface area contributed by atoms with Crippen LogP contribution in [-0.2, 0) is 10.0 Å². The number of hydrogen-bond acceptors (Lipinski definition) is 8. The molecule has 0 unspecified atom stereocenters. The fourth-order valence-corrected chi connectivity index (χ4v) is 5.58. The van der Waals surface area contributed by atoms with E-state index in [4.69, 9.17) is 0 Å². The normalized spacial score (nSPS) is 17.2. The number of nitrogens with zero attached hydrogens (tertiary/aromatic N) is 6. The van der Waals surface area contributed by atoms with Crippen molar-refractivity contribution < 1.29 is 8.42 Å². The van der Waals surface area contributed by atoms with Crippen LogP contribution in [0.1, 0.15) is 0 Å². The number of piperazine rings is 1. The zero-order valence-corrected chi connectivity index (χ0v) is 19.2. The second-order valence-electron chi connectivity index (χ2n) is 8.07. The zero-order valence-electron chi connectivity index (χ0n) is 18.3. The summed E-state index contributed by atoms with van der Waals surface area (Å²) in [6.45, 7) is 7.89. The highest BCUT2D eigenvalue weighted by Crippen LogP contribution is 2.40. The molecule has 10 heteroatoms. The number of benzene rings is 1. The van der Waals surface area contributed by atoms with E-state index >= 15 is 0 Å². The van der Waals surface area contributed by atoms with Crippen LogP contribution in [0, 0.1) is 0 Å². The molecule has 0 bridgehead atoms. The maximum absolute atomic E-state index is 13.2. The number of anilines is 4. The van der Waals surface area contributed by atoms with Crippen LogP contribution < -0.4 is 14.5 Å². The Morgan fingerprint density at radius 2 is 1.85 bits per heavy atom. The SMILES string of the molecule is C=CCN1c2ncccc2-c2nc(Nc3ccc(N4CCN(C)CC4)cc3)ncc2S1(=O)=O. The third-order valence-corrected chi connectivity index (χ3v) is 7.64. The molecule has 0 radical (unpaired) electrons. The Kier molecular flexibility index (Phi) is 5.47. The minimum atomic E-state index is -3.83. The summed E-state index contributed by atoms with van der Waals surface area (Å²) in [7, 11) is -1.69. The molecule has 0 atom stereocenters. The summed E-state index contributed by atoms with van der Waals surface area (Å²) in [5, 5.41) is 3.19. The topological polar surface area (TPSA) is 94.6 Å². The molecule has 1 saturated heterocycles. The van der Waals surface area contributed by atoms with Gasteiger partial charge in [-0.25, -0.2) is 27.7 Å². The molecule has 2 aliphatic rings. The maximum atomic E-state index is 13.2. The Hall–Kier alpha value is -3.50. The largest absolute Gasteiger partial charge is 0.369 e. The van der Waals surface area contributed by atoms with E-state index in [-0.39, 0.29) is 11.4 Å². The van der Waals surface area contributed by atoms with Gasteiger partial charge in [-0.1, -0.05) is 6.08 Å². The molecule has 0 spiro atoms. The summed E-state index contributed by atoms with van der Waals surface area (Å²) in [4.78, 5) is 17.9. The average Bonchev–Trinajstić information content (AvgIpc) is 2.83. The number of likely N-dealkylation sites (N-methyl/N-ethyl adjacent to an activating group) is 1. The summed E-state index contributed by atoms with van der Waals surface area (Å²) in [5.41, 5.74) is 2.98. The standard InChI is InChI=1S/C23H25N7O2S/c1-3-11-30-22-19(5-4-10-24-22)21-20(33(30,31)32)16-25-23(27-21)26-17-6-8-18(9-7-17)29-14-12-28(2)13-15-29/h3-10,16H,1,11-15H2,2H3,(H,25,26,27). The molecule has 0 saturated carbocycles. The highest BCUT2D eigenvalue weighted by molar-refractivity contribution is 7.93. The van der Waals surface area contributed by atoms with Gasteiger partial charge in [0.25, 0.3) is 10.0 Å². The first-order valence-corrected chi connectivity index (χ1v) is 12.2. The quantitative estimate of drug-likeness (QED) is 0.577. The molecule has 9 nitrogen and oxygen atoms in total. The molecular formula is C23H25N7O2S. The van der Waals surface area contributed by atoms with Gasteiger partial charge in [-0.2, -0.15) is 0 Å². The van der Waals surface area contributed by atoms with Gasteiger partial charge in [0.05, 0.1) is 12.7 Å². The van der Waals surface area contributed by atoms with Crippen LogP contribution in [0.2, 0.25) is 0 Å². The number of hydrogen-bond donors (Lipinski definition) is 1. The second kappa shape index (κ2) is 8.45. The van der Waals surface area contributed by atoms with Crippen LogP contribution >= 0.6 is 0 Å². The van der Waals surface area contributed by atoms with Gasteiger partial charge in [-0.05, 0) is 43.4 Å². The van der Waals surface area contributed by atoms with Gasteiger partial charge in [-0.3, -0.25) is 0 Å². The summed E-state index contributed by atoms with van der Waals surface area (Å²) in [6.07, 6.45) is 4.45. The molecule has 2 aliphatic heterocycles. The first-order valence-electron chi connectivity index (χ1n) is 10.7. The fourth-order valence-electron chi connectivity index (χ4n) is 4.08. The van der Waals surface area contributed by atoms with Crippen molar-refractivity contribution in [2.45, 2.75) is 4.90 Å². The van der Waals surface area contributed by atoms with Crippen LogP contribution in [0.15, 0.2) is 66.3 Å². The maximum Gasteiger partial charge on any atom is 0.269 e. The molecule has 170 valence electrons. The fraction of sp³-hybridized carbons (Fsp3) is 0.261. The first kappa shape index (κ1) is 21.4. The van der Waals surface area contributed by atoms with Crippen molar-refractivity contribution in [3.05, 3.63) is 61.4 Å². The van der Waals surface area contributed by atoms with E-state index in [1.54, 1.807) is 12.3 Å². The Morgan fingerprint density at radius 3 is 2.58 bits per heavy atom. The van der Waals surface area contributed by atoms with Crippen LogP contribution in [0.4, 0.5) is 23.1 Å². The smallest absolute Gasteiger partial charge is 0.269 e. The molecule has 1 fully saturated rings. The lowest BCUT2D eigenvalue weighted by Gasteiger charge is -2.34. The van der Waals surface area contributed by atoms with Crippen LogP contribution in [0.25, 0.3) is 11.3 Å². The number of nitrogens with one attached hydrogen (secondary N) is 1. The van der Waals surface area contributed by atoms with E-state index < -0.39 is 10.0 Å². The van der Waals surface area contributed by atoms with Crippen molar-refractivity contribution in [2.75, 3.05) is 54.3 Å². The molecule has 0 aliphatic carbocycles. The average molecular weight is 464 g/mol. The van der Waals surface area contributed by atoms with Crippen molar-refractivity contribution in [1.82, 2.24) is 19.9 Å². The van der Waals surface area contributed by atoms with Crippen molar-refractivity contribution in [3.63, 3.8) is 0 Å². The van der Waals surface area contributed by atoms with Gasteiger partial charge in [-0.15, -0.1) is 6.58 Å². The van der Waals surface area contributed by atoms with E-state index in [0.29, 0.717) is 23.0 Å². The lowest BCUT2D eigenvalue weighted by Crippen LogP contribution is -2.44. The van der Waals surface area contributed by atoms with Crippen molar-refractivity contribution in [1.29, 1.82) is 0 Å². The van der Waals surface area contributed by atoms with Crippen LogP contribution in [0.3, 0.4) is 0 Å². The minimum Gasteiger partial charge on any atom is -0.369 e. The van der Waals surface area contributed by atoms with Gasteiger partial charge in [0.2, 0.25) is 5.95 Å². The molecule has 3 aromatic rings. The first-order chi connectivity index (χ1) is 16.0. The summed E-state index contributed by atoms with van der Waals surface area (Å²) < 4.78 is 27.6. The summed E-state index contributed by atoms with van der Waals surface area (Å²) in [6, 6.07) is 11.7. The number of pyridine rings is 1. The van der Waals surface area contributed by atoms with Gasteiger partial charge in [0.15, 0.2) is 5.82 Å². The monoisotopic (exact) mass is 463 g/mol. The van der Waals surface area contributed by atoms with Crippen molar-refractivity contribution >= 4 is 33.2 Å². The summed E-state index contributed by atoms with van der Waals surface area (Å²) in [5.74, 6) is 0.661. The van der Waals surface area contributed by atoms with Crippen LogP contribution in [0.5, 0.6) is 0 Å². The highest BCUT2D eigenvalue weighted by atomic mass is 32.2. The Morgan fingerprint density at radius 1 is 1.09 bits per heavy atom. The minimum absolute atomic E-state index is 0.0563. The van der Waals surface area contributed by atoms with Gasteiger partial charge in [0.1, 0.15) is 10.6 Å². The Bertz CT molecular complexity index is 1290. The highest BCUT2D eigenvalue weighted by Gasteiger charge is 2.36.